The van der Waals surface area contributed by atoms with Crippen LogP contribution in [0.2, 0.25) is 25.7 Å². The quantitative estimate of drug-likeness (QED) is 0.273. The van der Waals surface area contributed by atoms with Gasteiger partial charge in [-0.25, -0.2) is 4.98 Å². The fourth-order valence-corrected chi connectivity index (χ4v) is 4.40. The Bertz CT molecular complexity index is 1240. The molecule has 1 aliphatic carbocycles. The van der Waals surface area contributed by atoms with Crippen LogP contribution in [0.1, 0.15) is 24.5 Å². The summed E-state index contributed by atoms with van der Waals surface area (Å²) in [7, 11) is -1.09. The van der Waals surface area contributed by atoms with Crippen LogP contribution in [0.4, 0.5) is 17.5 Å². The van der Waals surface area contributed by atoms with Crippen molar-refractivity contribution in [1.82, 2.24) is 14.5 Å². The van der Waals surface area contributed by atoms with Crippen LogP contribution in [-0.4, -0.2) is 29.2 Å². The molecular weight excluding hydrogens is 406 g/mol. The van der Waals surface area contributed by atoms with Gasteiger partial charge in [-0.05, 0) is 42.5 Å². The van der Waals surface area contributed by atoms with Gasteiger partial charge in [-0.2, -0.15) is 4.98 Å². The first-order chi connectivity index (χ1) is 14.9. The maximum absolute atomic E-state index is 6.14. The topological polar surface area (TPSA) is 91.1 Å². The van der Waals surface area contributed by atoms with Gasteiger partial charge in [-0.3, -0.25) is 0 Å². The van der Waals surface area contributed by atoms with Gasteiger partial charge >= 0.3 is 0 Å². The molecule has 0 aliphatic heterocycles. The molecule has 0 unspecified atom stereocenters. The molecule has 7 nitrogen and oxygen atoms in total. The molecule has 0 radical (unpaired) electrons. The first-order valence-corrected chi connectivity index (χ1v) is 14.6. The van der Waals surface area contributed by atoms with Gasteiger partial charge in [0.15, 0.2) is 11.4 Å². The first kappa shape index (κ1) is 20.1. The number of fused-ring (bicyclic) bond motifs is 2. The second-order valence-corrected chi connectivity index (χ2v) is 15.2. The van der Waals surface area contributed by atoms with Crippen molar-refractivity contribution in [3.05, 3.63) is 42.3 Å². The van der Waals surface area contributed by atoms with Gasteiger partial charge in [0.2, 0.25) is 5.95 Å². The van der Waals surface area contributed by atoms with Gasteiger partial charge in [0.25, 0.3) is 0 Å². The number of nitrogens with two attached hydrogens (primary N) is 1. The summed E-state index contributed by atoms with van der Waals surface area (Å²) in [6.07, 6.45) is 4.40. The third-order valence-electron chi connectivity index (χ3n) is 5.65. The van der Waals surface area contributed by atoms with E-state index < -0.39 is 8.07 Å². The first-order valence-electron chi connectivity index (χ1n) is 10.9. The summed E-state index contributed by atoms with van der Waals surface area (Å²) in [6, 6.07) is 11.5. The minimum atomic E-state index is -1.09. The molecule has 3 aromatic heterocycles. The van der Waals surface area contributed by atoms with Crippen molar-refractivity contribution in [1.29, 1.82) is 0 Å². The van der Waals surface area contributed by atoms with Crippen LogP contribution in [-0.2, 0) is 11.5 Å². The van der Waals surface area contributed by atoms with Gasteiger partial charge < -0.3 is 24.8 Å². The molecule has 8 heteroatoms. The highest BCUT2D eigenvalue weighted by Gasteiger charge is 2.28. The maximum Gasteiger partial charge on any atom is 0.229 e. The summed E-state index contributed by atoms with van der Waals surface area (Å²) in [5, 5.41) is 4.46. The summed E-state index contributed by atoms with van der Waals surface area (Å²) in [6.45, 7) is 8.44. The Labute approximate surface area is 182 Å². The molecule has 0 saturated heterocycles. The van der Waals surface area contributed by atoms with E-state index in [0.29, 0.717) is 30.0 Å². The predicted octanol–water partition coefficient (Wildman–Crippen LogP) is 5.69. The second-order valence-electron chi connectivity index (χ2n) is 9.60. The molecule has 0 atom stereocenters. The molecule has 3 heterocycles. The largest absolute Gasteiger partial charge is 0.455 e. The normalized spacial score (nSPS) is 14.5. The number of rotatable bonds is 8. The fraction of sp³-hybridized carbons (Fsp3) is 0.391. The molecule has 31 heavy (non-hydrogen) atoms. The number of ether oxygens (including phenoxy) is 1. The Balaban J connectivity index is 1.34. The number of hydrogen-bond donors (Lipinski definition) is 2. The summed E-state index contributed by atoms with van der Waals surface area (Å²) < 4.78 is 13.9. The third-order valence-corrected chi connectivity index (χ3v) is 7.36. The number of benzene rings is 1. The highest BCUT2D eigenvalue weighted by atomic mass is 28.3. The average molecular weight is 436 g/mol. The SMILES string of the molecule is C[Si](C)(C)CCOCn1ccc2ccc(Nc3nc(N)c4oc(C5CC5)cc4n3)cc21. The predicted molar refractivity (Wildman–Crippen MR) is 128 cm³/mol. The highest BCUT2D eigenvalue weighted by Crippen LogP contribution is 2.42. The van der Waals surface area contributed by atoms with Crippen LogP contribution in [0.15, 0.2) is 40.9 Å². The van der Waals surface area contributed by atoms with E-state index in [-0.39, 0.29) is 0 Å². The van der Waals surface area contributed by atoms with E-state index in [9.17, 15) is 0 Å². The van der Waals surface area contributed by atoms with E-state index in [1.54, 1.807) is 0 Å². The molecular formula is C23H29N5O2Si. The van der Waals surface area contributed by atoms with Crippen molar-refractivity contribution < 1.29 is 9.15 Å². The standard InChI is InChI=1S/C23H29N5O2Si/c1-31(2,3)11-10-29-14-28-9-8-15-6-7-17(12-19(15)28)25-23-26-18-13-20(16-4-5-16)30-21(18)22(24)27-23/h6-9,12-13,16H,4-5,10-11,14H2,1-3H3,(H3,24,25,26,27). The van der Waals surface area contributed by atoms with Crippen LogP contribution >= 0.6 is 0 Å². The van der Waals surface area contributed by atoms with E-state index >= 15 is 0 Å². The number of nitrogens with one attached hydrogen (secondary N) is 1. The Morgan fingerprint density at radius 1 is 1.19 bits per heavy atom. The van der Waals surface area contributed by atoms with Crippen LogP contribution in [0, 0.1) is 0 Å². The third kappa shape index (κ3) is 4.45. The Hall–Kier alpha value is -2.84. The molecule has 1 aromatic carbocycles. The molecule has 1 saturated carbocycles. The monoisotopic (exact) mass is 435 g/mol. The Morgan fingerprint density at radius 2 is 2.03 bits per heavy atom. The molecule has 5 rings (SSSR count). The van der Waals surface area contributed by atoms with Crippen LogP contribution in [0.3, 0.4) is 0 Å². The lowest BCUT2D eigenvalue weighted by Crippen LogP contribution is -2.21. The van der Waals surface area contributed by atoms with Crippen molar-refractivity contribution in [2.45, 2.75) is 51.2 Å². The lowest BCUT2D eigenvalue weighted by Gasteiger charge is -2.16. The van der Waals surface area contributed by atoms with Crippen molar-refractivity contribution in [2.24, 2.45) is 0 Å². The van der Waals surface area contributed by atoms with E-state index in [1.165, 1.54) is 18.2 Å². The van der Waals surface area contributed by atoms with Gasteiger partial charge in [0.1, 0.15) is 18.0 Å². The number of furan rings is 1. The highest BCUT2D eigenvalue weighted by molar-refractivity contribution is 6.76. The lowest BCUT2D eigenvalue weighted by molar-refractivity contribution is 0.0902. The Morgan fingerprint density at radius 3 is 2.81 bits per heavy atom. The number of aromatic nitrogens is 3. The van der Waals surface area contributed by atoms with Crippen molar-refractivity contribution in [2.75, 3.05) is 17.7 Å². The number of hydrogen-bond acceptors (Lipinski definition) is 6. The number of nitrogen functional groups attached to an aromatic ring is 1. The zero-order chi connectivity index (χ0) is 21.6. The molecule has 0 amide bonds. The molecule has 3 N–H and O–H groups in total. The van der Waals surface area contributed by atoms with Gasteiger partial charge in [0.05, 0.1) is 5.52 Å². The molecule has 4 aromatic rings. The van der Waals surface area contributed by atoms with E-state index in [2.05, 4.69) is 63.9 Å². The molecule has 1 fully saturated rings. The van der Waals surface area contributed by atoms with E-state index in [0.717, 1.165) is 35.1 Å². The van der Waals surface area contributed by atoms with Gasteiger partial charge in [0, 0.05) is 38.5 Å². The second kappa shape index (κ2) is 7.69. The van der Waals surface area contributed by atoms with Gasteiger partial charge in [-0.15, -0.1) is 0 Å². The summed E-state index contributed by atoms with van der Waals surface area (Å²) >= 11 is 0. The zero-order valence-corrected chi connectivity index (χ0v) is 19.3. The average Bonchev–Trinajstić information content (AvgIpc) is 3.34. The fourth-order valence-electron chi connectivity index (χ4n) is 3.64. The summed E-state index contributed by atoms with van der Waals surface area (Å²) in [5.41, 5.74) is 9.47. The molecule has 1 aliphatic rings. The molecule has 162 valence electrons. The Kier molecular flexibility index (Phi) is 4.98. The van der Waals surface area contributed by atoms with Crippen LogP contribution in [0.25, 0.3) is 22.0 Å². The van der Waals surface area contributed by atoms with Crippen molar-refractivity contribution in [3.8, 4) is 0 Å². The smallest absolute Gasteiger partial charge is 0.229 e. The van der Waals surface area contributed by atoms with E-state index in [4.69, 9.17) is 14.9 Å². The van der Waals surface area contributed by atoms with Crippen LogP contribution < -0.4 is 11.1 Å². The minimum Gasteiger partial charge on any atom is -0.455 e. The van der Waals surface area contributed by atoms with Crippen molar-refractivity contribution in [3.63, 3.8) is 0 Å². The summed E-state index contributed by atoms with van der Waals surface area (Å²) in [5.74, 6) is 2.30. The van der Waals surface area contributed by atoms with Crippen molar-refractivity contribution >= 4 is 47.5 Å². The number of anilines is 3. The lowest BCUT2D eigenvalue weighted by atomic mass is 10.2. The minimum absolute atomic E-state index is 0.361. The van der Waals surface area contributed by atoms with Crippen LogP contribution in [0.5, 0.6) is 0 Å². The maximum atomic E-state index is 6.14. The summed E-state index contributed by atoms with van der Waals surface area (Å²) in [4.78, 5) is 9.01. The zero-order valence-electron chi connectivity index (χ0n) is 18.3. The van der Waals surface area contributed by atoms with Gasteiger partial charge in [-0.1, -0.05) is 25.7 Å². The molecule has 0 bridgehead atoms. The van der Waals surface area contributed by atoms with E-state index in [1.807, 2.05) is 12.1 Å². The number of nitrogens with zero attached hydrogens (tertiary/aromatic N) is 3. The molecule has 0 spiro atoms.